The Morgan fingerprint density at radius 1 is 1.56 bits per heavy atom. The summed E-state index contributed by atoms with van der Waals surface area (Å²) in [6.07, 6.45) is 1.20. The number of halogens is 1. The molecule has 88 valence electrons. The summed E-state index contributed by atoms with van der Waals surface area (Å²) in [7, 11) is 0. The molecule has 16 heavy (non-hydrogen) atoms. The predicted octanol–water partition coefficient (Wildman–Crippen LogP) is 0.438. The molecule has 0 fully saturated rings. The van der Waals surface area contributed by atoms with E-state index < -0.39 is 23.3 Å². The Kier molecular flexibility index (Phi) is 3.69. The molecule has 0 amide bonds. The van der Waals surface area contributed by atoms with Crippen molar-refractivity contribution in [3.8, 4) is 0 Å². The van der Waals surface area contributed by atoms with Crippen LogP contribution in [0.5, 0.6) is 0 Å². The Bertz CT molecular complexity index is 531. The molecule has 0 saturated carbocycles. The van der Waals surface area contributed by atoms with Crippen molar-refractivity contribution in [1.29, 1.82) is 0 Å². The van der Waals surface area contributed by atoms with Gasteiger partial charge in [0.25, 0.3) is 5.56 Å². The highest BCUT2D eigenvalue weighted by molar-refractivity contribution is 9.10. The maximum atomic E-state index is 11.8. The molecule has 0 aliphatic rings. The van der Waals surface area contributed by atoms with Gasteiger partial charge in [-0.3, -0.25) is 13.9 Å². The third-order valence-corrected chi connectivity index (χ3v) is 2.79. The fourth-order valence-corrected chi connectivity index (χ4v) is 1.70. The second-order valence-corrected chi connectivity index (χ2v) is 4.08. The fourth-order valence-electron chi connectivity index (χ4n) is 1.26. The number of carboxylic acids is 1. The largest absolute Gasteiger partial charge is 0.480 e. The van der Waals surface area contributed by atoms with E-state index in [-0.39, 0.29) is 11.0 Å². The smallest absolute Gasteiger partial charge is 0.331 e. The van der Waals surface area contributed by atoms with E-state index in [1.54, 1.807) is 6.92 Å². The molecule has 1 atom stereocenters. The number of aliphatic carboxylic acids is 1. The third-order valence-electron chi connectivity index (χ3n) is 2.24. The zero-order valence-electron chi connectivity index (χ0n) is 8.81. The van der Waals surface area contributed by atoms with Gasteiger partial charge in [0.15, 0.2) is 0 Å². The van der Waals surface area contributed by atoms with Crippen molar-refractivity contribution in [1.82, 2.24) is 9.13 Å². The van der Waals surface area contributed by atoms with Crippen LogP contribution in [0.25, 0.3) is 0 Å². The third kappa shape index (κ3) is 2.08. The lowest BCUT2D eigenvalue weighted by atomic mass is 10.3. The Morgan fingerprint density at radius 2 is 2.12 bits per heavy atom. The van der Waals surface area contributed by atoms with E-state index in [4.69, 9.17) is 5.11 Å². The molecule has 1 heterocycles. The maximum absolute atomic E-state index is 11.8. The summed E-state index contributed by atoms with van der Waals surface area (Å²) in [5.41, 5.74) is -1.08. The fraction of sp³-hybridized carbons (Fsp3) is 0.444. The summed E-state index contributed by atoms with van der Waals surface area (Å²) in [6, 6.07) is -1.01. The minimum absolute atomic E-state index is 0.169. The van der Waals surface area contributed by atoms with Gasteiger partial charge in [0, 0.05) is 12.7 Å². The summed E-state index contributed by atoms with van der Waals surface area (Å²) >= 11 is 3.00. The lowest BCUT2D eigenvalue weighted by Crippen LogP contribution is -2.41. The molecule has 0 aliphatic carbocycles. The highest BCUT2D eigenvalue weighted by atomic mass is 79.9. The minimum atomic E-state index is -1.13. The van der Waals surface area contributed by atoms with Crippen molar-refractivity contribution in [2.75, 3.05) is 0 Å². The van der Waals surface area contributed by atoms with Crippen molar-refractivity contribution in [2.24, 2.45) is 0 Å². The summed E-state index contributed by atoms with van der Waals surface area (Å²) in [5, 5.41) is 8.82. The Hall–Kier alpha value is -1.37. The Morgan fingerprint density at radius 3 is 2.56 bits per heavy atom. The lowest BCUT2D eigenvalue weighted by Gasteiger charge is -2.12. The molecule has 0 aliphatic heterocycles. The van der Waals surface area contributed by atoms with Crippen molar-refractivity contribution in [2.45, 2.75) is 26.4 Å². The average molecular weight is 291 g/mol. The second kappa shape index (κ2) is 4.65. The van der Waals surface area contributed by atoms with Gasteiger partial charge in [0.1, 0.15) is 6.04 Å². The number of nitrogens with zero attached hydrogens (tertiary/aromatic N) is 2. The Balaban J connectivity index is 3.55. The average Bonchev–Trinajstić information content (AvgIpc) is 2.23. The van der Waals surface area contributed by atoms with E-state index in [9.17, 15) is 14.4 Å². The standard InChI is InChI=1S/C9H11BrN2O4/c1-3-11-7(13)6(10)4-12(9(11)16)5(2)8(14)15/h4-5H,3H2,1-2H3,(H,14,15). The van der Waals surface area contributed by atoms with Crippen LogP contribution in [-0.4, -0.2) is 20.2 Å². The number of carbonyl (C=O) groups is 1. The van der Waals surface area contributed by atoms with E-state index in [0.29, 0.717) is 0 Å². The quantitative estimate of drug-likeness (QED) is 0.876. The second-order valence-electron chi connectivity index (χ2n) is 3.23. The van der Waals surface area contributed by atoms with E-state index in [1.165, 1.54) is 13.1 Å². The van der Waals surface area contributed by atoms with E-state index in [1.807, 2.05) is 0 Å². The first kappa shape index (κ1) is 12.7. The molecule has 7 heteroatoms. The van der Waals surface area contributed by atoms with Gasteiger partial charge >= 0.3 is 11.7 Å². The molecule has 1 rings (SSSR count). The molecule has 6 nitrogen and oxygen atoms in total. The molecule has 1 unspecified atom stereocenters. The van der Waals surface area contributed by atoms with Crippen LogP contribution >= 0.6 is 15.9 Å². The van der Waals surface area contributed by atoms with Gasteiger partial charge in [0.2, 0.25) is 0 Å². The number of hydrogen-bond donors (Lipinski definition) is 1. The van der Waals surface area contributed by atoms with Gasteiger partial charge in [0.05, 0.1) is 4.47 Å². The number of rotatable bonds is 3. The first-order valence-electron chi connectivity index (χ1n) is 4.64. The van der Waals surface area contributed by atoms with Crippen molar-refractivity contribution >= 4 is 21.9 Å². The van der Waals surface area contributed by atoms with Crippen molar-refractivity contribution in [3.05, 3.63) is 31.5 Å². The summed E-state index contributed by atoms with van der Waals surface area (Å²) in [5.74, 6) is -1.13. The zero-order valence-corrected chi connectivity index (χ0v) is 10.4. The van der Waals surface area contributed by atoms with Crippen molar-refractivity contribution in [3.63, 3.8) is 0 Å². The van der Waals surface area contributed by atoms with Gasteiger partial charge in [-0.1, -0.05) is 0 Å². The van der Waals surface area contributed by atoms with Gasteiger partial charge in [-0.15, -0.1) is 0 Å². The summed E-state index contributed by atoms with van der Waals surface area (Å²) < 4.78 is 2.16. The SMILES string of the molecule is CCn1c(=O)c(Br)cn(C(C)C(=O)O)c1=O. The Labute approximate surface area is 99.3 Å². The van der Waals surface area contributed by atoms with Crippen LogP contribution in [0.3, 0.4) is 0 Å². The zero-order chi connectivity index (χ0) is 12.5. The highest BCUT2D eigenvalue weighted by Gasteiger charge is 2.18. The van der Waals surface area contributed by atoms with Gasteiger partial charge in [-0.25, -0.2) is 9.59 Å². The monoisotopic (exact) mass is 290 g/mol. The van der Waals surface area contributed by atoms with Crippen LogP contribution in [0.1, 0.15) is 19.9 Å². The first-order valence-corrected chi connectivity index (χ1v) is 5.43. The van der Waals surface area contributed by atoms with Crippen molar-refractivity contribution < 1.29 is 9.90 Å². The predicted molar refractivity (Wildman–Crippen MR) is 60.7 cm³/mol. The van der Waals surface area contributed by atoms with E-state index >= 15 is 0 Å². The molecule has 0 bridgehead atoms. The lowest BCUT2D eigenvalue weighted by molar-refractivity contribution is -0.140. The number of carboxylic acid groups (broad SMARTS) is 1. The molecule has 1 N–H and O–H groups in total. The summed E-state index contributed by atoms with van der Waals surface area (Å²) in [6.45, 7) is 3.22. The molecular formula is C9H11BrN2O4. The van der Waals surface area contributed by atoms with Crippen LogP contribution in [-0.2, 0) is 11.3 Å². The van der Waals surface area contributed by atoms with Crippen LogP contribution in [0.15, 0.2) is 20.3 Å². The molecular weight excluding hydrogens is 280 g/mol. The molecule has 0 spiro atoms. The normalized spacial score (nSPS) is 12.4. The van der Waals surface area contributed by atoms with E-state index in [0.717, 1.165) is 9.13 Å². The minimum Gasteiger partial charge on any atom is -0.480 e. The van der Waals surface area contributed by atoms with Gasteiger partial charge in [-0.2, -0.15) is 0 Å². The van der Waals surface area contributed by atoms with Crippen LogP contribution in [0, 0.1) is 0 Å². The van der Waals surface area contributed by atoms with E-state index in [2.05, 4.69) is 15.9 Å². The van der Waals surface area contributed by atoms with Gasteiger partial charge in [-0.05, 0) is 29.8 Å². The molecule has 1 aromatic rings. The summed E-state index contributed by atoms with van der Waals surface area (Å²) in [4.78, 5) is 34.1. The molecule has 0 radical (unpaired) electrons. The topological polar surface area (TPSA) is 81.3 Å². The first-order chi connectivity index (χ1) is 7.40. The number of aromatic nitrogens is 2. The maximum Gasteiger partial charge on any atom is 0.331 e. The number of hydrogen-bond acceptors (Lipinski definition) is 3. The van der Waals surface area contributed by atoms with Gasteiger partial charge < -0.3 is 5.11 Å². The molecule has 1 aromatic heterocycles. The van der Waals surface area contributed by atoms with Crippen LogP contribution in [0.2, 0.25) is 0 Å². The molecule has 0 saturated heterocycles. The highest BCUT2D eigenvalue weighted by Crippen LogP contribution is 2.06. The van der Waals surface area contributed by atoms with Crippen LogP contribution < -0.4 is 11.2 Å². The molecule has 0 aromatic carbocycles. The van der Waals surface area contributed by atoms with Crippen LogP contribution in [0.4, 0.5) is 0 Å².